The van der Waals surface area contributed by atoms with Crippen molar-refractivity contribution in [1.29, 1.82) is 0 Å². The Morgan fingerprint density at radius 3 is 2.18 bits per heavy atom. The van der Waals surface area contributed by atoms with Crippen molar-refractivity contribution < 1.29 is 17.6 Å². The predicted molar refractivity (Wildman–Crippen MR) is 101 cm³/mol. The largest absolute Gasteiger partial charge is 0.416 e. The third-order valence-electron chi connectivity index (χ3n) is 5.91. The van der Waals surface area contributed by atoms with E-state index in [0.29, 0.717) is 6.42 Å². The molecule has 1 heterocycles. The standard InChI is InChI=1S/C22H24F4N2/c1-13-11-28(12-14(2)27-13)21-10-19(15-3-6-17(23)7-4-15)18-8-5-16(9-20(18)21)22(24,25)26/h3-9,13-14,19,21,27H,10-12H2,1-2H3/t13-,14+,19-,21+/m0/s1. The Hall–Kier alpha value is -1.92. The fraction of sp³-hybridized carbons (Fsp3) is 0.455. The summed E-state index contributed by atoms with van der Waals surface area (Å²) in [5.41, 5.74) is 2.02. The second kappa shape index (κ2) is 7.16. The Balaban J connectivity index is 1.75. The third kappa shape index (κ3) is 3.67. The van der Waals surface area contributed by atoms with Crippen molar-refractivity contribution in [2.45, 2.75) is 50.5 Å². The molecule has 4 rings (SSSR count). The van der Waals surface area contributed by atoms with Crippen LogP contribution in [0.15, 0.2) is 42.5 Å². The molecule has 1 aliphatic carbocycles. The molecule has 28 heavy (non-hydrogen) atoms. The van der Waals surface area contributed by atoms with Crippen LogP contribution in [0.25, 0.3) is 0 Å². The van der Waals surface area contributed by atoms with Gasteiger partial charge in [-0.3, -0.25) is 4.90 Å². The van der Waals surface area contributed by atoms with E-state index in [0.717, 1.165) is 29.8 Å². The highest BCUT2D eigenvalue weighted by Gasteiger charge is 2.40. The van der Waals surface area contributed by atoms with Crippen LogP contribution in [-0.2, 0) is 6.18 Å². The van der Waals surface area contributed by atoms with Crippen molar-refractivity contribution >= 4 is 0 Å². The quantitative estimate of drug-likeness (QED) is 0.715. The Kier molecular flexibility index (Phi) is 4.96. The Morgan fingerprint density at radius 2 is 1.57 bits per heavy atom. The minimum absolute atomic E-state index is 0.0246. The highest BCUT2D eigenvalue weighted by Crippen LogP contribution is 2.48. The van der Waals surface area contributed by atoms with Gasteiger partial charge in [-0.2, -0.15) is 13.2 Å². The lowest BCUT2D eigenvalue weighted by Gasteiger charge is -2.40. The van der Waals surface area contributed by atoms with E-state index in [2.05, 4.69) is 24.1 Å². The normalized spacial score (nSPS) is 28.4. The highest BCUT2D eigenvalue weighted by molar-refractivity contribution is 5.47. The summed E-state index contributed by atoms with van der Waals surface area (Å²) in [5.74, 6) is -0.334. The summed E-state index contributed by atoms with van der Waals surface area (Å²) in [4.78, 5) is 2.30. The van der Waals surface area contributed by atoms with Gasteiger partial charge in [0.15, 0.2) is 0 Å². The second-order valence-corrected chi connectivity index (χ2v) is 8.12. The van der Waals surface area contributed by atoms with Gasteiger partial charge in [-0.05, 0) is 61.2 Å². The molecule has 2 nitrogen and oxygen atoms in total. The number of rotatable bonds is 2. The van der Waals surface area contributed by atoms with Gasteiger partial charge in [0.1, 0.15) is 5.82 Å². The smallest absolute Gasteiger partial charge is 0.309 e. The van der Waals surface area contributed by atoms with Crippen molar-refractivity contribution in [1.82, 2.24) is 10.2 Å². The average molecular weight is 392 g/mol. The molecule has 2 aliphatic rings. The van der Waals surface area contributed by atoms with Crippen LogP contribution < -0.4 is 5.32 Å². The van der Waals surface area contributed by atoms with Gasteiger partial charge in [-0.25, -0.2) is 4.39 Å². The zero-order valence-electron chi connectivity index (χ0n) is 15.9. The predicted octanol–water partition coefficient (Wildman–Crippen LogP) is 5.10. The van der Waals surface area contributed by atoms with Gasteiger partial charge in [0.2, 0.25) is 0 Å². The van der Waals surface area contributed by atoms with Gasteiger partial charge in [-0.1, -0.05) is 18.2 Å². The summed E-state index contributed by atoms with van der Waals surface area (Å²) in [6.45, 7) is 5.78. The lowest BCUT2D eigenvalue weighted by molar-refractivity contribution is -0.137. The third-order valence-corrected chi connectivity index (χ3v) is 5.91. The van der Waals surface area contributed by atoms with Gasteiger partial charge in [0.05, 0.1) is 5.56 Å². The molecule has 1 fully saturated rings. The molecule has 0 amide bonds. The van der Waals surface area contributed by atoms with Crippen LogP contribution in [-0.4, -0.2) is 30.1 Å². The van der Waals surface area contributed by atoms with Crippen molar-refractivity contribution in [3.05, 3.63) is 70.5 Å². The molecule has 2 aromatic carbocycles. The van der Waals surface area contributed by atoms with Crippen molar-refractivity contribution in [2.75, 3.05) is 13.1 Å². The van der Waals surface area contributed by atoms with Crippen LogP contribution in [0.5, 0.6) is 0 Å². The second-order valence-electron chi connectivity index (χ2n) is 8.12. The average Bonchev–Trinajstić information content (AvgIpc) is 3.00. The lowest BCUT2D eigenvalue weighted by Crippen LogP contribution is -2.54. The number of hydrogen-bond acceptors (Lipinski definition) is 2. The van der Waals surface area contributed by atoms with E-state index in [1.807, 2.05) is 0 Å². The summed E-state index contributed by atoms with van der Waals surface area (Å²) >= 11 is 0. The molecular formula is C22H24F4N2. The Morgan fingerprint density at radius 1 is 0.929 bits per heavy atom. The molecule has 0 saturated carbocycles. The summed E-state index contributed by atoms with van der Waals surface area (Å²) < 4.78 is 53.4. The molecule has 0 unspecified atom stereocenters. The van der Waals surface area contributed by atoms with E-state index in [-0.39, 0.29) is 29.9 Å². The lowest BCUT2D eigenvalue weighted by atomic mass is 9.92. The molecule has 2 aromatic rings. The zero-order valence-corrected chi connectivity index (χ0v) is 15.9. The van der Waals surface area contributed by atoms with Gasteiger partial charge in [0, 0.05) is 37.1 Å². The van der Waals surface area contributed by atoms with E-state index in [1.54, 1.807) is 18.2 Å². The van der Waals surface area contributed by atoms with Crippen LogP contribution in [0.1, 0.15) is 54.5 Å². The van der Waals surface area contributed by atoms with Gasteiger partial charge < -0.3 is 5.32 Å². The Labute approximate surface area is 162 Å². The van der Waals surface area contributed by atoms with Gasteiger partial charge in [0.25, 0.3) is 0 Å². The number of halogens is 4. The summed E-state index contributed by atoms with van der Waals surface area (Å²) in [6.07, 6.45) is -3.65. The fourth-order valence-electron chi connectivity index (χ4n) is 4.81. The van der Waals surface area contributed by atoms with Gasteiger partial charge >= 0.3 is 6.18 Å². The molecule has 6 heteroatoms. The maximum atomic E-state index is 13.4. The van der Waals surface area contributed by atoms with E-state index in [1.165, 1.54) is 24.3 Å². The summed E-state index contributed by atoms with van der Waals surface area (Å²) in [6, 6.07) is 10.9. The zero-order chi connectivity index (χ0) is 20.1. The van der Waals surface area contributed by atoms with Crippen LogP contribution in [0.2, 0.25) is 0 Å². The highest BCUT2D eigenvalue weighted by atomic mass is 19.4. The Bertz CT molecular complexity index is 837. The number of alkyl halides is 3. The number of fused-ring (bicyclic) bond motifs is 1. The van der Waals surface area contributed by atoms with E-state index < -0.39 is 11.7 Å². The van der Waals surface area contributed by atoms with E-state index >= 15 is 0 Å². The molecule has 1 saturated heterocycles. The first-order valence-corrected chi connectivity index (χ1v) is 9.69. The van der Waals surface area contributed by atoms with Crippen LogP contribution >= 0.6 is 0 Å². The minimum Gasteiger partial charge on any atom is -0.309 e. The number of piperazine rings is 1. The molecule has 1 N–H and O–H groups in total. The fourth-order valence-corrected chi connectivity index (χ4v) is 4.81. The maximum absolute atomic E-state index is 13.4. The number of hydrogen-bond donors (Lipinski definition) is 1. The van der Waals surface area contributed by atoms with Crippen molar-refractivity contribution in [3.8, 4) is 0 Å². The van der Waals surface area contributed by atoms with E-state index in [4.69, 9.17) is 0 Å². The van der Waals surface area contributed by atoms with Crippen molar-refractivity contribution in [2.24, 2.45) is 0 Å². The van der Waals surface area contributed by atoms with Crippen LogP contribution in [0.4, 0.5) is 17.6 Å². The molecular weight excluding hydrogens is 368 g/mol. The monoisotopic (exact) mass is 392 g/mol. The van der Waals surface area contributed by atoms with E-state index in [9.17, 15) is 17.6 Å². The van der Waals surface area contributed by atoms with Crippen LogP contribution in [0.3, 0.4) is 0 Å². The number of nitrogens with zero attached hydrogens (tertiary/aromatic N) is 1. The molecule has 150 valence electrons. The molecule has 0 spiro atoms. The summed E-state index contributed by atoms with van der Waals surface area (Å²) in [5, 5.41) is 3.48. The molecule has 4 atom stereocenters. The first-order chi connectivity index (χ1) is 13.2. The molecule has 0 radical (unpaired) electrons. The van der Waals surface area contributed by atoms with Crippen LogP contribution in [0, 0.1) is 5.82 Å². The topological polar surface area (TPSA) is 15.3 Å². The first-order valence-electron chi connectivity index (χ1n) is 9.69. The number of nitrogens with one attached hydrogen (secondary N) is 1. The molecule has 0 bridgehead atoms. The summed E-state index contributed by atoms with van der Waals surface area (Å²) in [7, 11) is 0. The maximum Gasteiger partial charge on any atom is 0.416 e. The molecule has 1 aliphatic heterocycles. The van der Waals surface area contributed by atoms with Gasteiger partial charge in [-0.15, -0.1) is 0 Å². The minimum atomic E-state index is -4.36. The SMILES string of the molecule is C[C@@H]1CN([C@@H]2C[C@@H](c3ccc(F)cc3)c3ccc(C(F)(F)F)cc32)C[C@H](C)N1. The van der Waals surface area contributed by atoms with Crippen molar-refractivity contribution in [3.63, 3.8) is 0 Å². The first kappa shape index (κ1) is 19.4. The number of benzene rings is 2. The molecule has 0 aromatic heterocycles.